The SMILES string of the molecule is CC(CCC(=O)O)(c1ccc(O)cc1)c1ccc(O)cc1.CC(CCC(=O)O)(c1ccc(O)cc1)c1ccc(O)cc1. The quantitative estimate of drug-likeness (QED) is 0.125. The Bertz CT molecular complexity index is 1250. The van der Waals surface area contributed by atoms with Crippen LogP contribution in [0.5, 0.6) is 23.0 Å². The van der Waals surface area contributed by atoms with E-state index in [1.807, 2.05) is 13.8 Å². The van der Waals surface area contributed by atoms with Crippen molar-refractivity contribution in [2.45, 2.75) is 50.4 Å². The molecular formula is C34H36O8. The summed E-state index contributed by atoms with van der Waals surface area (Å²) in [5.74, 6) is -1.01. The molecule has 0 unspecified atom stereocenters. The normalized spacial score (nSPS) is 11.3. The maximum Gasteiger partial charge on any atom is 0.303 e. The van der Waals surface area contributed by atoms with Gasteiger partial charge in [0.25, 0.3) is 0 Å². The van der Waals surface area contributed by atoms with Crippen molar-refractivity contribution in [2.24, 2.45) is 0 Å². The van der Waals surface area contributed by atoms with Crippen LogP contribution in [0.4, 0.5) is 0 Å². The highest BCUT2D eigenvalue weighted by Gasteiger charge is 2.30. The molecule has 0 atom stereocenters. The molecule has 0 aliphatic heterocycles. The number of rotatable bonds is 10. The van der Waals surface area contributed by atoms with Gasteiger partial charge in [0.1, 0.15) is 23.0 Å². The molecule has 0 aliphatic rings. The first-order valence-electron chi connectivity index (χ1n) is 13.4. The predicted octanol–water partition coefficient (Wildman–Crippen LogP) is 6.54. The highest BCUT2D eigenvalue weighted by molar-refractivity contribution is 5.67. The third-order valence-corrected chi connectivity index (χ3v) is 7.70. The first kappa shape index (κ1) is 31.5. The van der Waals surface area contributed by atoms with Crippen molar-refractivity contribution < 1.29 is 40.2 Å². The number of carboxylic acid groups (broad SMARTS) is 2. The summed E-state index contributed by atoms with van der Waals surface area (Å²) in [4.78, 5) is 21.9. The lowest BCUT2D eigenvalue weighted by Gasteiger charge is -2.30. The number of aromatic hydroxyl groups is 4. The maximum absolute atomic E-state index is 10.9. The molecule has 4 rings (SSSR count). The first-order chi connectivity index (χ1) is 19.8. The Morgan fingerprint density at radius 3 is 0.810 bits per heavy atom. The van der Waals surface area contributed by atoms with Gasteiger partial charge in [0.15, 0.2) is 0 Å². The summed E-state index contributed by atoms with van der Waals surface area (Å²) in [7, 11) is 0. The Hall–Kier alpha value is -4.98. The van der Waals surface area contributed by atoms with E-state index in [9.17, 15) is 30.0 Å². The van der Waals surface area contributed by atoms with E-state index >= 15 is 0 Å². The van der Waals surface area contributed by atoms with Crippen molar-refractivity contribution in [3.63, 3.8) is 0 Å². The Labute approximate surface area is 244 Å². The molecule has 4 aromatic rings. The van der Waals surface area contributed by atoms with Crippen LogP contribution in [0.2, 0.25) is 0 Å². The van der Waals surface area contributed by atoms with Crippen LogP contribution in [0.3, 0.4) is 0 Å². The van der Waals surface area contributed by atoms with E-state index in [1.54, 1.807) is 97.1 Å². The highest BCUT2D eigenvalue weighted by Crippen LogP contribution is 2.39. The van der Waals surface area contributed by atoms with Crippen LogP contribution in [-0.4, -0.2) is 42.6 Å². The lowest BCUT2D eigenvalue weighted by atomic mass is 9.73. The van der Waals surface area contributed by atoms with Crippen molar-refractivity contribution >= 4 is 11.9 Å². The molecule has 0 amide bonds. The highest BCUT2D eigenvalue weighted by atomic mass is 16.4. The molecule has 8 nitrogen and oxygen atoms in total. The maximum atomic E-state index is 10.9. The Balaban J connectivity index is 0.000000230. The summed E-state index contributed by atoms with van der Waals surface area (Å²) in [6.07, 6.45) is 0.937. The minimum atomic E-state index is -0.848. The van der Waals surface area contributed by atoms with E-state index in [0.29, 0.717) is 12.8 Å². The number of carboxylic acids is 2. The van der Waals surface area contributed by atoms with Gasteiger partial charge in [-0.25, -0.2) is 0 Å². The minimum Gasteiger partial charge on any atom is -0.508 e. The van der Waals surface area contributed by atoms with Crippen molar-refractivity contribution in [1.82, 2.24) is 0 Å². The molecule has 0 aliphatic carbocycles. The lowest BCUT2D eigenvalue weighted by molar-refractivity contribution is -0.138. The van der Waals surface area contributed by atoms with Crippen LogP contribution >= 0.6 is 0 Å². The number of phenols is 4. The van der Waals surface area contributed by atoms with Gasteiger partial charge in [-0.05, 0) is 83.6 Å². The Morgan fingerprint density at radius 2 is 0.643 bits per heavy atom. The second-order valence-corrected chi connectivity index (χ2v) is 10.6. The first-order valence-corrected chi connectivity index (χ1v) is 13.4. The summed E-state index contributed by atoms with van der Waals surface area (Å²) in [6, 6.07) is 27.1. The summed E-state index contributed by atoms with van der Waals surface area (Å²) in [5, 5.41) is 55.6. The molecule has 0 saturated carbocycles. The molecule has 0 bridgehead atoms. The average Bonchev–Trinajstić information content (AvgIpc) is 2.96. The van der Waals surface area contributed by atoms with Crippen molar-refractivity contribution in [3.8, 4) is 23.0 Å². The summed E-state index contributed by atoms with van der Waals surface area (Å²) < 4.78 is 0. The fourth-order valence-corrected chi connectivity index (χ4v) is 4.94. The molecular weight excluding hydrogens is 536 g/mol. The summed E-state index contributed by atoms with van der Waals surface area (Å²) in [5.41, 5.74) is 2.69. The third kappa shape index (κ3) is 8.04. The van der Waals surface area contributed by atoms with E-state index in [0.717, 1.165) is 22.3 Å². The Morgan fingerprint density at radius 1 is 0.452 bits per heavy atom. The van der Waals surface area contributed by atoms with Crippen LogP contribution in [0.25, 0.3) is 0 Å². The van der Waals surface area contributed by atoms with Crippen molar-refractivity contribution in [1.29, 1.82) is 0 Å². The minimum absolute atomic E-state index is 0.0399. The van der Waals surface area contributed by atoms with Gasteiger partial charge in [0, 0.05) is 23.7 Å². The van der Waals surface area contributed by atoms with Crippen LogP contribution in [0.15, 0.2) is 97.1 Å². The Kier molecular flexibility index (Phi) is 10.2. The molecule has 6 N–H and O–H groups in total. The monoisotopic (exact) mass is 572 g/mol. The molecule has 42 heavy (non-hydrogen) atoms. The molecule has 0 spiro atoms. The topological polar surface area (TPSA) is 156 Å². The number of benzene rings is 4. The second kappa shape index (κ2) is 13.6. The van der Waals surface area contributed by atoms with Crippen LogP contribution < -0.4 is 0 Å². The molecule has 0 fully saturated rings. The van der Waals surface area contributed by atoms with E-state index in [-0.39, 0.29) is 35.8 Å². The zero-order valence-electron chi connectivity index (χ0n) is 23.6. The summed E-state index contributed by atoms with van der Waals surface area (Å²) in [6.45, 7) is 3.93. The van der Waals surface area contributed by atoms with Gasteiger partial charge in [-0.15, -0.1) is 0 Å². The second-order valence-electron chi connectivity index (χ2n) is 10.6. The molecule has 220 valence electrons. The predicted molar refractivity (Wildman–Crippen MR) is 159 cm³/mol. The van der Waals surface area contributed by atoms with Gasteiger partial charge in [-0.3, -0.25) is 9.59 Å². The lowest BCUT2D eigenvalue weighted by Crippen LogP contribution is -2.24. The largest absolute Gasteiger partial charge is 0.508 e. The van der Waals surface area contributed by atoms with Gasteiger partial charge in [-0.1, -0.05) is 62.4 Å². The molecule has 0 saturated heterocycles. The van der Waals surface area contributed by atoms with Crippen molar-refractivity contribution in [3.05, 3.63) is 119 Å². The number of phenolic OH excluding ortho intramolecular Hbond substituents is 4. The number of aliphatic carboxylic acids is 2. The van der Waals surface area contributed by atoms with Gasteiger partial charge in [0.05, 0.1) is 0 Å². The third-order valence-electron chi connectivity index (χ3n) is 7.70. The number of carbonyl (C=O) groups is 2. The van der Waals surface area contributed by atoms with Gasteiger partial charge in [-0.2, -0.15) is 0 Å². The zero-order valence-corrected chi connectivity index (χ0v) is 23.6. The smallest absolute Gasteiger partial charge is 0.303 e. The molecule has 0 radical (unpaired) electrons. The van der Waals surface area contributed by atoms with Gasteiger partial charge >= 0.3 is 11.9 Å². The van der Waals surface area contributed by atoms with Crippen LogP contribution in [0.1, 0.15) is 61.8 Å². The average molecular weight is 573 g/mol. The van der Waals surface area contributed by atoms with E-state index in [2.05, 4.69) is 0 Å². The standard InChI is InChI=1S/2C17H18O4/c2*1-17(11-10-16(20)21,12-2-6-14(18)7-3-12)13-4-8-15(19)9-5-13/h2*2-9,18-19H,10-11H2,1H3,(H,20,21). The van der Waals surface area contributed by atoms with E-state index in [1.165, 1.54) is 0 Å². The van der Waals surface area contributed by atoms with Crippen molar-refractivity contribution in [2.75, 3.05) is 0 Å². The van der Waals surface area contributed by atoms with E-state index in [4.69, 9.17) is 10.2 Å². The molecule has 8 heteroatoms. The van der Waals surface area contributed by atoms with Gasteiger partial charge < -0.3 is 30.6 Å². The van der Waals surface area contributed by atoms with Crippen LogP contribution in [0, 0.1) is 0 Å². The molecule has 4 aromatic carbocycles. The molecule has 0 aromatic heterocycles. The van der Waals surface area contributed by atoms with Crippen LogP contribution in [-0.2, 0) is 20.4 Å². The number of hydrogen-bond acceptors (Lipinski definition) is 6. The molecule has 0 heterocycles. The fraction of sp³-hybridized carbons (Fsp3) is 0.235. The zero-order chi connectivity index (χ0) is 30.9. The van der Waals surface area contributed by atoms with E-state index < -0.39 is 22.8 Å². The summed E-state index contributed by atoms with van der Waals surface area (Å²) >= 11 is 0. The van der Waals surface area contributed by atoms with Gasteiger partial charge in [0.2, 0.25) is 0 Å². The number of hydrogen-bond donors (Lipinski definition) is 6. The fourth-order valence-electron chi connectivity index (χ4n) is 4.94.